The molecule has 0 radical (unpaired) electrons. The Labute approximate surface area is 291 Å². The third kappa shape index (κ3) is 6.77. The highest BCUT2D eigenvalue weighted by atomic mass is 16.7. The van der Waals surface area contributed by atoms with Gasteiger partial charge in [0.2, 0.25) is 0 Å². The maximum atomic E-state index is 6.26. The minimum atomic E-state index is -0.507. The van der Waals surface area contributed by atoms with Gasteiger partial charge in [0.1, 0.15) is 11.5 Å². The zero-order valence-corrected chi connectivity index (χ0v) is 29.3. The average Bonchev–Trinajstić information content (AvgIpc) is 3.38. The molecule has 0 amide bonds. The Morgan fingerprint density at radius 2 is 0.959 bits per heavy atom. The summed E-state index contributed by atoms with van der Waals surface area (Å²) >= 11 is 0. The van der Waals surface area contributed by atoms with Gasteiger partial charge in [-0.15, -0.1) is 0 Å². The molecule has 4 unspecified atom stereocenters. The molecular weight excluding hydrogens is 612 g/mol. The van der Waals surface area contributed by atoms with Gasteiger partial charge in [-0.2, -0.15) is 0 Å². The third-order valence-corrected chi connectivity index (χ3v) is 10.9. The normalized spacial score (nSPS) is 19.1. The second kappa shape index (κ2) is 15.1. The van der Waals surface area contributed by atoms with Crippen LogP contribution in [-0.2, 0) is 24.4 Å². The smallest absolute Gasteiger partial charge is 0.196 e. The zero-order chi connectivity index (χ0) is 33.8. The van der Waals surface area contributed by atoms with E-state index in [4.69, 9.17) is 28.4 Å². The summed E-state index contributed by atoms with van der Waals surface area (Å²) in [6.45, 7) is 13.1. The van der Waals surface area contributed by atoms with Gasteiger partial charge in [0.25, 0.3) is 0 Å². The van der Waals surface area contributed by atoms with Crippen LogP contribution in [0.25, 0.3) is 11.1 Å². The SMILES string of the molecule is CCC(COC(C)Oc1ccc(C2(c3ccc(OC(C)OCC(CC)C4COC4)cc3)c3ccccc3-c3ccccc32)cc1)C1COC1. The Morgan fingerprint density at radius 1 is 0.571 bits per heavy atom. The van der Waals surface area contributed by atoms with Gasteiger partial charge in [-0.1, -0.05) is 99.5 Å². The topological polar surface area (TPSA) is 55.4 Å². The summed E-state index contributed by atoms with van der Waals surface area (Å²) in [6, 6.07) is 34.7. The standard InChI is InChI=1S/C43H50O6/c1-5-31(33-23-44-24-33)27-46-29(3)48-37-19-15-35(16-20-37)43(41-13-9-7-11-39(41)40-12-8-10-14-42(40)43)36-17-21-38(22-18-36)49-30(4)47-28-32(6-2)34-25-45-26-34/h7-22,29-34H,5-6,23-28H2,1-4H3. The largest absolute Gasteiger partial charge is 0.465 e. The van der Waals surface area contributed by atoms with Crippen molar-refractivity contribution in [3.8, 4) is 22.6 Å². The fraction of sp³-hybridized carbons (Fsp3) is 0.442. The van der Waals surface area contributed by atoms with E-state index < -0.39 is 5.41 Å². The van der Waals surface area contributed by atoms with Gasteiger partial charge in [0, 0.05) is 11.8 Å². The van der Waals surface area contributed by atoms with Crippen LogP contribution < -0.4 is 9.47 Å². The summed E-state index contributed by atoms with van der Waals surface area (Å²) in [5.74, 6) is 3.76. The maximum absolute atomic E-state index is 6.26. The highest BCUT2D eigenvalue weighted by Crippen LogP contribution is 2.56. The second-order valence-corrected chi connectivity index (χ2v) is 13.9. The van der Waals surface area contributed by atoms with Crippen molar-refractivity contribution in [2.24, 2.45) is 23.7 Å². The van der Waals surface area contributed by atoms with Crippen molar-refractivity contribution in [3.05, 3.63) is 119 Å². The average molecular weight is 663 g/mol. The summed E-state index contributed by atoms with van der Waals surface area (Å²) in [5, 5.41) is 0. The first kappa shape index (κ1) is 33.8. The molecule has 0 saturated carbocycles. The molecule has 0 aromatic heterocycles. The van der Waals surface area contributed by atoms with Crippen LogP contribution in [0.2, 0.25) is 0 Å². The number of benzene rings is 4. The highest BCUT2D eigenvalue weighted by Gasteiger charge is 2.46. The molecule has 2 heterocycles. The van der Waals surface area contributed by atoms with Crippen LogP contribution in [0, 0.1) is 23.7 Å². The highest BCUT2D eigenvalue weighted by molar-refractivity contribution is 5.86. The van der Waals surface area contributed by atoms with Crippen LogP contribution >= 0.6 is 0 Å². The van der Waals surface area contributed by atoms with E-state index in [1.165, 1.54) is 33.4 Å². The van der Waals surface area contributed by atoms with E-state index in [0.717, 1.165) is 50.8 Å². The van der Waals surface area contributed by atoms with Crippen molar-refractivity contribution in [3.63, 3.8) is 0 Å². The van der Waals surface area contributed by atoms with E-state index in [-0.39, 0.29) is 12.6 Å². The van der Waals surface area contributed by atoms with Crippen molar-refractivity contribution in [1.29, 1.82) is 0 Å². The summed E-state index contributed by atoms with van der Waals surface area (Å²) in [4.78, 5) is 0. The molecule has 6 nitrogen and oxygen atoms in total. The van der Waals surface area contributed by atoms with E-state index in [1.54, 1.807) is 0 Å². The number of ether oxygens (including phenoxy) is 6. The Balaban J connectivity index is 1.13. The monoisotopic (exact) mass is 662 g/mol. The lowest BCUT2D eigenvalue weighted by atomic mass is 9.68. The molecule has 7 rings (SSSR count). The summed E-state index contributed by atoms with van der Waals surface area (Å²) in [5.41, 5.74) is 6.90. The van der Waals surface area contributed by atoms with Crippen LogP contribution in [0.5, 0.6) is 11.5 Å². The number of fused-ring (bicyclic) bond motifs is 3. The van der Waals surface area contributed by atoms with Gasteiger partial charge in [-0.05, 0) is 83.3 Å². The summed E-state index contributed by atoms with van der Waals surface area (Å²) < 4.78 is 35.7. The maximum Gasteiger partial charge on any atom is 0.196 e. The van der Waals surface area contributed by atoms with Crippen molar-refractivity contribution < 1.29 is 28.4 Å². The molecule has 3 aliphatic rings. The van der Waals surface area contributed by atoms with E-state index in [2.05, 4.69) is 111 Å². The quantitative estimate of drug-likeness (QED) is 0.0985. The molecule has 4 aromatic rings. The van der Waals surface area contributed by atoms with Crippen LogP contribution in [0.3, 0.4) is 0 Å². The van der Waals surface area contributed by atoms with Crippen LogP contribution in [0.15, 0.2) is 97.1 Å². The van der Waals surface area contributed by atoms with Gasteiger partial charge in [0.05, 0.1) is 45.1 Å². The summed E-state index contributed by atoms with van der Waals surface area (Å²) in [6.07, 6.45) is 1.47. The van der Waals surface area contributed by atoms with E-state index in [1.807, 2.05) is 13.8 Å². The molecule has 258 valence electrons. The molecule has 0 bridgehead atoms. The fourth-order valence-corrected chi connectivity index (χ4v) is 7.79. The molecule has 49 heavy (non-hydrogen) atoms. The van der Waals surface area contributed by atoms with E-state index in [0.29, 0.717) is 36.9 Å². The van der Waals surface area contributed by atoms with Gasteiger partial charge in [0.15, 0.2) is 12.6 Å². The molecule has 6 heteroatoms. The molecule has 0 N–H and O–H groups in total. The molecule has 1 aliphatic carbocycles. The number of rotatable bonds is 16. The molecule has 4 atom stereocenters. The summed E-state index contributed by atoms with van der Waals surface area (Å²) in [7, 11) is 0. The fourth-order valence-electron chi connectivity index (χ4n) is 7.79. The lowest BCUT2D eigenvalue weighted by molar-refractivity contribution is -0.119. The Morgan fingerprint density at radius 3 is 1.31 bits per heavy atom. The first-order valence-corrected chi connectivity index (χ1v) is 18.1. The Bertz CT molecular complexity index is 1530. The molecular formula is C43H50O6. The van der Waals surface area contributed by atoms with Gasteiger partial charge in [-0.25, -0.2) is 0 Å². The van der Waals surface area contributed by atoms with Gasteiger partial charge in [-0.3, -0.25) is 0 Å². The lowest BCUT2D eigenvalue weighted by Gasteiger charge is -2.34. The Hall–Kier alpha value is -3.68. The minimum absolute atomic E-state index is 0.346. The first-order chi connectivity index (χ1) is 24.0. The van der Waals surface area contributed by atoms with Crippen molar-refractivity contribution in [1.82, 2.24) is 0 Å². The predicted molar refractivity (Wildman–Crippen MR) is 192 cm³/mol. The third-order valence-electron chi connectivity index (χ3n) is 10.9. The zero-order valence-electron chi connectivity index (χ0n) is 29.3. The van der Waals surface area contributed by atoms with Crippen LogP contribution in [0.4, 0.5) is 0 Å². The van der Waals surface area contributed by atoms with Crippen LogP contribution in [-0.4, -0.2) is 52.2 Å². The molecule has 4 aromatic carbocycles. The van der Waals surface area contributed by atoms with Gasteiger partial charge >= 0.3 is 0 Å². The lowest BCUT2D eigenvalue weighted by Crippen LogP contribution is -2.37. The van der Waals surface area contributed by atoms with Crippen molar-refractivity contribution in [2.75, 3.05) is 39.6 Å². The van der Waals surface area contributed by atoms with Gasteiger partial charge < -0.3 is 28.4 Å². The van der Waals surface area contributed by atoms with E-state index >= 15 is 0 Å². The van der Waals surface area contributed by atoms with Crippen molar-refractivity contribution >= 4 is 0 Å². The Kier molecular flexibility index (Phi) is 10.4. The molecule has 2 fully saturated rings. The van der Waals surface area contributed by atoms with Crippen molar-refractivity contribution in [2.45, 2.75) is 58.5 Å². The number of hydrogen-bond acceptors (Lipinski definition) is 6. The van der Waals surface area contributed by atoms with Crippen LogP contribution in [0.1, 0.15) is 62.8 Å². The number of hydrogen-bond donors (Lipinski definition) is 0. The van der Waals surface area contributed by atoms with E-state index in [9.17, 15) is 0 Å². The first-order valence-electron chi connectivity index (χ1n) is 18.1. The second-order valence-electron chi connectivity index (χ2n) is 13.9. The molecule has 0 spiro atoms. The minimum Gasteiger partial charge on any atom is -0.465 e. The molecule has 2 saturated heterocycles. The predicted octanol–water partition coefficient (Wildman–Crippen LogP) is 8.88. The molecule has 2 aliphatic heterocycles.